The van der Waals surface area contributed by atoms with Gasteiger partial charge in [-0.05, 0) is 48.9 Å². The van der Waals surface area contributed by atoms with Crippen LogP contribution < -0.4 is 5.56 Å². The molecule has 0 saturated heterocycles. The molecule has 0 aliphatic rings. The lowest BCUT2D eigenvalue weighted by molar-refractivity contribution is 0.628. The molecule has 1 aromatic carbocycles. The Hall–Kier alpha value is -2.86. The van der Waals surface area contributed by atoms with Crippen LogP contribution in [-0.4, -0.2) is 14.4 Å². The number of halogens is 1. The molecular weight excluding hydrogens is 325 g/mol. The Kier molecular flexibility index (Phi) is 3.46. The van der Waals surface area contributed by atoms with Crippen LogP contribution >= 0.6 is 11.3 Å². The van der Waals surface area contributed by atoms with Gasteiger partial charge in [0.25, 0.3) is 5.56 Å². The monoisotopic (exact) mass is 337 g/mol. The van der Waals surface area contributed by atoms with Crippen LogP contribution in [0.2, 0.25) is 0 Å². The van der Waals surface area contributed by atoms with E-state index in [-0.39, 0.29) is 11.4 Å². The minimum absolute atomic E-state index is 0.263. The molecule has 0 unspecified atom stereocenters. The van der Waals surface area contributed by atoms with Gasteiger partial charge in [0.05, 0.1) is 10.6 Å². The van der Waals surface area contributed by atoms with Gasteiger partial charge in [0.2, 0.25) is 0 Å². The van der Waals surface area contributed by atoms with Gasteiger partial charge >= 0.3 is 0 Å². The first-order chi connectivity index (χ1) is 11.6. The van der Waals surface area contributed by atoms with E-state index in [4.69, 9.17) is 0 Å². The molecule has 0 radical (unpaired) electrons. The number of thiazole rings is 1. The molecule has 6 heteroatoms. The van der Waals surface area contributed by atoms with Crippen molar-refractivity contribution >= 4 is 16.3 Å². The number of benzene rings is 1. The lowest BCUT2D eigenvalue weighted by Crippen LogP contribution is -2.08. The van der Waals surface area contributed by atoms with Crippen molar-refractivity contribution in [3.63, 3.8) is 0 Å². The molecule has 0 spiro atoms. The van der Waals surface area contributed by atoms with Crippen molar-refractivity contribution in [3.05, 3.63) is 76.7 Å². The number of fused-ring (bicyclic) bond motifs is 1. The number of nitrogens with zero attached hydrogens (tertiary/aromatic N) is 3. The second kappa shape index (κ2) is 5.65. The molecule has 4 rings (SSSR count). The smallest absolute Gasteiger partial charge is 0.274 e. The average Bonchev–Trinajstić information content (AvgIpc) is 2.96. The summed E-state index contributed by atoms with van der Waals surface area (Å²) >= 11 is 1.43. The summed E-state index contributed by atoms with van der Waals surface area (Å²) in [7, 11) is 0. The first-order valence-electron chi connectivity index (χ1n) is 7.33. The van der Waals surface area contributed by atoms with Crippen molar-refractivity contribution in [2.75, 3.05) is 0 Å². The lowest BCUT2D eigenvalue weighted by Gasteiger charge is -2.08. The van der Waals surface area contributed by atoms with E-state index >= 15 is 0 Å². The molecule has 0 N–H and O–H groups in total. The van der Waals surface area contributed by atoms with Gasteiger partial charge in [-0.15, -0.1) is 0 Å². The molecule has 0 atom stereocenters. The van der Waals surface area contributed by atoms with Gasteiger partial charge in [-0.3, -0.25) is 14.2 Å². The van der Waals surface area contributed by atoms with Crippen molar-refractivity contribution in [3.8, 4) is 21.7 Å². The Bertz CT molecular complexity index is 1090. The van der Waals surface area contributed by atoms with Crippen LogP contribution in [0.5, 0.6) is 0 Å². The fraction of sp³-hybridized carbons (Fsp3) is 0.0556. The highest BCUT2D eigenvalue weighted by Gasteiger charge is 2.18. The largest absolute Gasteiger partial charge is 0.288 e. The Morgan fingerprint density at radius 3 is 2.46 bits per heavy atom. The second-order valence-corrected chi connectivity index (χ2v) is 6.35. The van der Waals surface area contributed by atoms with Crippen molar-refractivity contribution in [2.45, 2.75) is 6.92 Å². The lowest BCUT2D eigenvalue weighted by atomic mass is 10.1. The maximum atomic E-state index is 13.3. The molecule has 4 aromatic rings. The van der Waals surface area contributed by atoms with Crippen LogP contribution in [0.15, 0.2) is 59.7 Å². The maximum absolute atomic E-state index is 13.3. The number of hydrogen-bond acceptors (Lipinski definition) is 4. The Labute approximate surface area is 140 Å². The normalized spacial score (nSPS) is 11.1. The highest BCUT2D eigenvalue weighted by molar-refractivity contribution is 7.20. The minimum Gasteiger partial charge on any atom is -0.288 e. The standard InChI is InChI=1S/C18H12FN3OS/c1-11-10-15(23)21-18-22(11)16(12-2-4-14(19)5-3-12)17(24-18)13-6-8-20-9-7-13/h2-10H,1H3. The number of rotatable bonds is 2. The molecule has 0 saturated carbocycles. The zero-order chi connectivity index (χ0) is 16.7. The molecular formula is C18H12FN3OS. The first-order valence-corrected chi connectivity index (χ1v) is 8.15. The van der Waals surface area contributed by atoms with Crippen LogP contribution in [0.1, 0.15) is 5.69 Å². The predicted octanol–water partition coefficient (Wildman–Crippen LogP) is 3.93. The van der Waals surface area contributed by atoms with Gasteiger partial charge in [-0.25, -0.2) is 4.39 Å². The molecule has 0 aliphatic carbocycles. The highest BCUT2D eigenvalue weighted by atomic mass is 32.1. The minimum atomic E-state index is -0.287. The van der Waals surface area contributed by atoms with Gasteiger partial charge in [0.1, 0.15) is 5.82 Å². The molecule has 3 aromatic heterocycles. The number of aromatic nitrogens is 3. The third kappa shape index (κ3) is 2.41. The molecule has 3 heterocycles. The van der Waals surface area contributed by atoms with Crippen LogP contribution in [-0.2, 0) is 0 Å². The Morgan fingerprint density at radius 2 is 1.75 bits per heavy atom. The van der Waals surface area contributed by atoms with Gasteiger partial charge in [0.15, 0.2) is 4.96 Å². The summed E-state index contributed by atoms with van der Waals surface area (Å²) in [5, 5.41) is 0. The molecule has 0 amide bonds. The van der Waals surface area contributed by atoms with E-state index in [1.165, 1.54) is 29.5 Å². The van der Waals surface area contributed by atoms with Crippen LogP contribution in [0.4, 0.5) is 4.39 Å². The van der Waals surface area contributed by atoms with Crippen LogP contribution in [0.3, 0.4) is 0 Å². The van der Waals surface area contributed by atoms with Crippen LogP contribution in [0.25, 0.3) is 26.7 Å². The summed E-state index contributed by atoms with van der Waals surface area (Å²) in [5.41, 5.74) is 3.27. The maximum Gasteiger partial charge on any atom is 0.274 e. The van der Waals surface area contributed by atoms with Crippen molar-refractivity contribution in [1.82, 2.24) is 14.4 Å². The summed E-state index contributed by atoms with van der Waals surface area (Å²) in [6.07, 6.45) is 3.44. The van der Waals surface area contributed by atoms with Gasteiger partial charge in [-0.2, -0.15) is 4.98 Å². The fourth-order valence-electron chi connectivity index (χ4n) is 2.72. The summed E-state index contributed by atoms with van der Waals surface area (Å²) in [6.45, 7) is 1.87. The third-order valence-corrected chi connectivity index (χ3v) is 4.86. The fourth-order valence-corrected chi connectivity index (χ4v) is 3.92. The Balaban J connectivity index is 2.11. The van der Waals surface area contributed by atoms with Crippen LogP contribution in [0, 0.1) is 12.7 Å². The summed E-state index contributed by atoms with van der Waals surface area (Å²) in [4.78, 5) is 21.5. The van der Waals surface area contributed by atoms with Crippen molar-refractivity contribution < 1.29 is 4.39 Å². The van der Waals surface area contributed by atoms with E-state index < -0.39 is 0 Å². The van der Waals surface area contributed by atoms with E-state index in [0.29, 0.717) is 4.96 Å². The second-order valence-electron chi connectivity index (χ2n) is 5.38. The topological polar surface area (TPSA) is 47.3 Å². The SMILES string of the molecule is Cc1cc(=O)nc2sc(-c3ccncc3)c(-c3ccc(F)cc3)n12. The van der Waals surface area contributed by atoms with Gasteiger partial charge < -0.3 is 0 Å². The number of hydrogen-bond donors (Lipinski definition) is 0. The van der Waals surface area contributed by atoms with Gasteiger partial charge in [0, 0.05) is 29.7 Å². The van der Waals surface area contributed by atoms with E-state index in [1.54, 1.807) is 24.5 Å². The first kappa shape index (κ1) is 14.7. The summed E-state index contributed by atoms with van der Waals surface area (Å²) < 4.78 is 15.3. The highest BCUT2D eigenvalue weighted by Crippen LogP contribution is 2.39. The van der Waals surface area contributed by atoms with Crippen molar-refractivity contribution in [1.29, 1.82) is 0 Å². The molecule has 0 fully saturated rings. The van der Waals surface area contributed by atoms with Crippen molar-refractivity contribution in [2.24, 2.45) is 0 Å². The zero-order valence-electron chi connectivity index (χ0n) is 12.7. The molecule has 0 aliphatic heterocycles. The average molecular weight is 337 g/mol. The number of aryl methyl sites for hydroxylation is 1. The van der Waals surface area contributed by atoms with Gasteiger partial charge in [-0.1, -0.05) is 11.3 Å². The van der Waals surface area contributed by atoms with E-state index in [9.17, 15) is 9.18 Å². The Morgan fingerprint density at radius 1 is 1.04 bits per heavy atom. The molecule has 24 heavy (non-hydrogen) atoms. The third-order valence-electron chi connectivity index (χ3n) is 3.77. The zero-order valence-corrected chi connectivity index (χ0v) is 13.5. The summed E-state index contributed by atoms with van der Waals surface area (Å²) in [5.74, 6) is -0.287. The molecule has 0 bridgehead atoms. The van der Waals surface area contributed by atoms with E-state index in [1.807, 2.05) is 23.5 Å². The quantitative estimate of drug-likeness (QED) is 0.557. The predicted molar refractivity (Wildman–Crippen MR) is 92.7 cm³/mol. The number of pyridine rings is 1. The van der Waals surface area contributed by atoms with E-state index in [0.717, 1.165) is 27.4 Å². The molecule has 4 nitrogen and oxygen atoms in total. The summed E-state index contributed by atoms with van der Waals surface area (Å²) in [6, 6.07) is 11.7. The molecule has 118 valence electrons. The van der Waals surface area contributed by atoms with E-state index in [2.05, 4.69) is 9.97 Å².